The standard InChI is InChI=1S/C28H23ClN6O4/c1-15(36)31-19-7-2-4-16(12-19)10-11-30-23-24(26(38)25(23)37)32-20-8-9-22-21(14-20)27(35-34-22)33-28(39)17-5-3-6-18(29)13-17/h2-9,12-14,30,32H,10-11H2,1H3,(H,31,36)(H2,33,34,35,39). The van der Waals surface area contributed by atoms with Gasteiger partial charge in [0.1, 0.15) is 11.4 Å². The molecule has 0 fully saturated rings. The molecule has 0 radical (unpaired) electrons. The number of rotatable bonds is 9. The molecule has 0 aliphatic heterocycles. The molecule has 39 heavy (non-hydrogen) atoms. The second kappa shape index (κ2) is 10.8. The van der Waals surface area contributed by atoms with E-state index in [0.29, 0.717) is 51.6 Å². The fraction of sp³-hybridized carbons (Fsp3) is 0.107. The van der Waals surface area contributed by atoms with E-state index in [9.17, 15) is 19.2 Å². The first kappa shape index (κ1) is 25.7. The number of amides is 2. The number of benzene rings is 3. The largest absolute Gasteiger partial charge is 0.380 e. The van der Waals surface area contributed by atoms with Crippen LogP contribution in [-0.2, 0) is 11.2 Å². The van der Waals surface area contributed by atoms with Crippen molar-refractivity contribution >= 4 is 62.9 Å². The maximum absolute atomic E-state index is 12.7. The summed E-state index contributed by atoms with van der Waals surface area (Å²) in [5.74, 6) is -0.224. The van der Waals surface area contributed by atoms with Crippen molar-refractivity contribution in [2.24, 2.45) is 0 Å². The van der Waals surface area contributed by atoms with Crippen LogP contribution in [0.3, 0.4) is 0 Å². The van der Waals surface area contributed by atoms with Gasteiger partial charge in [-0.3, -0.25) is 24.3 Å². The van der Waals surface area contributed by atoms with E-state index in [0.717, 1.165) is 5.56 Å². The Kier molecular flexibility index (Phi) is 7.11. The van der Waals surface area contributed by atoms with Crippen LogP contribution in [0.2, 0.25) is 5.02 Å². The molecule has 11 heteroatoms. The lowest BCUT2D eigenvalue weighted by atomic mass is 10.1. The number of aromatic nitrogens is 2. The van der Waals surface area contributed by atoms with Gasteiger partial charge in [0.2, 0.25) is 5.91 Å². The maximum Gasteiger partial charge on any atom is 0.256 e. The van der Waals surface area contributed by atoms with Gasteiger partial charge >= 0.3 is 0 Å². The second-order valence-corrected chi connectivity index (χ2v) is 9.33. The molecule has 1 heterocycles. The lowest BCUT2D eigenvalue weighted by Crippen LogP contribution is -2.37. The van der Waals surface area contributed by atoms with E-state index in [1.54, 1.807) is 48.5 Å². The molecule has 4 aromatic carbocycles. The molecular formula is C28H23ClN6O4. The average Bonchev–Trinajstić information content (AvgIpc) is 3.31. The number of H-pyrrole nitrogens is 1. The van der Waals surface area contributed by atoms with Gasteiger partial charge in [-0.05, 0) is 60.5 Å². The number of hydrogen-bond acceptors (Lipinski definition) is 7. The number of anilines is 5. The highest BCUT2D eigenvalue weighted by molar-refractivity contribution is 6.31. The summed E-state index contributed by atoms with van der Waals surface area (Å²) in [6, 6.07) is 19.2. The molecule has 5 N–H and O–H groups in total. The zero-order chi connectivity index (χ0) is 27.5. The topological polar surface area (TPSA) is 145 Å². The molecule has 10 nitrogen and oxygen atoms in total. The lowest BCUT2D eigenvalue weighted by Gasteiger charge is -2.15. The predicted octanol–water partition coefficient (Wildman–Crippen LogP) is 4.42. The van der Waals surface area contributed by atoms with Crippen molar-refractivity contribution in [2.75, 3.05) is 27.8 Å². The third-order valence-electron chi connectivity index (χ3n) is 6.02. The minimum Gasteiger partial charge on any atom is -0.380 e. The fourth-order valence-electron chi connectivity index (χ4n) is 4.16. The first-order chi connectivity index (χ1) is 18.8. The van der Waals surface area contributed by atoms with Gasteiger partial charge in [-0.25, -0.2) is 0 Å². The van der Waals surface area contributed by atoms with Gasteiger partial charge in [0.25, 0.3) is 16.8 Å². The minimum absolute atomic E-state index is 0.158. The highest BCUT2D eigenvalue weighted by Gasteiger charge is 2.21. The Bertz CT molecular complexity index is 1790. The van der Waals surface area contributed by atoms with E-state index in [2.05, 4.69) is 31.5 Å². The molecule has 0 saturated heterocycles. The van der Waals surface area contributed by atoms with Crippen molar-refractivity contribution in [3.05, 3.63) is 103 Å². The van der Waals surface area contributed by atoms with Crippen molar-refractivity contribution in [3.8, 4) is 0 Å². The van der Waals surface area contributed by atoms with E-state index < -0.39 is 10.9 Å². The molecular weight excluding hydrogens is 520 g/mol. The van der Waals surface area contributed by atoms with Crippen LogP contribution in [0.4, 0.5) is 28.6 Å². The first-order valence-electron chi connectivity index (χ1n) is 12.0. The SMILES string of the molecule is CC(=O)Nc1cccc(CCNc2c(Nc3ccc4[nH]nc(NC(=O)c5cccc(Cl)c5)c4c3)c(=O)c2=O)c1. The van der Waals surface area contributed by atoms with Crippen LogP contribution in [0.25, 0.3) is 10.9 Å². The Labute approximate surface area is 227 Å². The second-order valence-electron chi connectivity index (χ2n) is 8.89. The zero-order valence-electron chi connectivity index (χ0n) is 20.7. The highest BCUT2D eigenvalue weighted by Crippen LogP contribution is 2.28. The number of carbonyl (C=O) groups is 2. The van der Waals surface area contributed by atoms with Crippen molar-refractivity contribution in [1.82, 2.24) is 10.2 Å². The number of halogens is 1. The zero-order valence-corrected chi connectivity index (χ0v) is 21.5. The predicted molar refractivity (Wildman–Crippen MR) is 153 cm³/mol. The summed E-state index contributed by atoms with van der Waals surface area (Å²) in [6.45, 7) is 1.85. The molecule has 0 spiro atoms. The summed E-state index contributed by atoms with van der Waals surface area (Å²) in [5.41, 5.74) is 2.41. The molecule has 0 bridgehead atoms. The van der Waals surface area contributed by atoms with Gasteiger partial charge in [0, 0.05) is 40.8 Å². The van der Waals surface area contributed by atoms with Crippen LogP contribution < -0.4 is 32.1 Å². The van der Waals surface area contributed by atoms with Crippen LogP contribution in [0, 0.1) is 0 Å². The quantitative estimate of drug-likeness (QED) is 0.173. The third kappa shape index (κ3) is 5.65. The molecule has 196 valence electrons. The van der Waals surface area contributed by atoms with Crippen molar-refractivity contribution in [1.29, 1.82) is 0 Å². The van der Waals surface area contributed by atoms with Gasteiger partial charge in [0.15, 0.2) is 5.82 Å². The molecule has 0 aliphatic rings. The molecule has 0 aliphatic carbocycles. The van der Waals surface area contributed by atoms with E-state index in [4.69, 9.17) is 11.6 Å². The normalized spacial score (nSPS) is 10.9. The minimum atomic E-state index is -0.619. The Balaban J connectivity index is 1.28. The van der Waals surface area contributed by atoms with Crippen molar-refractivity contribution in [2.45, 2.75) is 13.3 Å². The molecule has 0 unspecified atom stereocenters. The van der Waals surface area contributed by atoms with Gasteiger partial charge < -0.3 is 21.3 Å². The van der Waals surface area contributed by atoms with E-state index >= 15 is 0 Å². The Morgan fingerprint density at radius 1 is 0.897 bits per heavy atom. The summed E-state index contributed by atoms with van der Waals surface area (Å²) >= 11 is 5.99. The Hall–Kier alpha value is -4.96. The van der Waals surface area contributed by atoms with Crippen molar-refractivity contribution < 1.29 is 9.59 Å². The number of aromatic amines is 1. The van der Waals surface area contributed by atoms with Crippen LogP contribution in [0.5, 0.6) is 0 Å². The van der Waals surface area contributed by atoms with Crippen LogP contribution in [0.1, 0.15) is 22.8 Å². The van der Waals surface area contributed by atoms with E-state index in [1.807, 2.05) is 18.2 Å². The summed E-state index contributed by atoms with van der Waals surface area (Å²) < 4.78 is 0. The van der Waals surface area contributed by atoms with Crippen LogP contribution in [-0.4, -0.2) is 28.6 Å². The fourth-order valence-corrected chi connectivity index (χ4v) is 4.35. The molecule has 1 aromatic heterocycles. The molecule has 5 rings (SSSR count). The van der Waals surface area contributed by atoms with Gasteiger partial charge in [-0.1, -0.05) is 29.8 Å². The van der Waals surface area contributed by atoms with Crippen LogP contribution in [0.15, 0.2) is 76.3 Å². The van der Waals surface area contributed by atoms with Crippen molar-refractivity contribution in [3.63, 3.8) is 0 Å². The summed E-state index contributed by atoms with van der Waals surface area (Å²) in [6.07, 6.45) is 0.572. The van der Waals surface area contributed by atoms with E-state index in [-0.39, 0.29) is 23.2 Å². The number of fused-ring (bicyclic) bond motifs is 1. The summed E-state index contributed by atoms with van der Waals surface area (Å²) in [5, 5.41) is 19.7. The monoisotopic (exact) mass is 542 g/mol. The van der Waals surface area contributed by atoms with Gasteiger partial charge in [-0.15, -0.1) is 0 Å². The Morgan fingerprint density at radius 3 is 2.49 bits per heavy atom. The van der Waals surface area contributed by atoms with E-state index in [1.165, 1.54) is 6.92 Å². The number of nitrogens with zero attached hydrogens (tertiary/aromatic N) is 1. The number of hydrogen-bond donors (Lipinski definition) is 5. The summed E-state index contributed by atoms with van der Waals surface area (Å²) in [4.78, 5) is 48.5. The summed E-state index contributed by atoms with van der Waals surface area (Å²) in [7, 11) is 0. The smallest absolute Gasteiger partial charge is 0.256 e. The maximum atomic E-state index is 12.7. The molecule has 0 saturated carbocycles. The average molecular weight is 543 g/mol. The lowest BCUT2D eigenvalue weighted by molar-refractivity contribution is -0.114. The molecule has 2 amide bonds. The first-order valence-corrected chi connectivity index (χ1v) is 12.4. The highest BCUT2D eigenvalue weighted by atomic mass is 35.5. The van der Waals surface area contributed by atoms with Gasteiger partial charge in [0.05, 0.1) is 5.52 Å². The Morgan fingerprint density at radius 2 is 1.69 bits per heavy atom. The molecule has 5 aromatic rings. The third-order valence-corrected chi connectivity index (χ3v) is 6.26. The number of nitrogens with one attached hydrogen (secondary N) is 5. The molecule has 0 atom stereocenters. The number of carbonyl (C=O) groups excluding carboxylic acids is 2. The van der Waals surface area contributed by atoms with Gasteiger partial charge in [-0.2, -0.15) is 5.10 Å². The van der Waals surface area contributed by atoms with Crippen LogP contribution >= 0.6 is 11.6 Å².